The van der Waals surface area contributed by atoms with Gasteiger partial charge in [0, 0.05) is 43.3 Å². The lowest BCUT2D eigenvalue weighted by molar-refractivity contribution is -0.118. The van der Waals surface area contributed by atoms with Crippen LogP contribution in [0.15, 0.2) is 41.0 Å². The maximum atomic E-state index is 12.1. The van der Waals surface area contributed by atoms with Crippen LogP contribution in [0.25, 0.3) is 5.57 Å². The van der Waals surface area contributed by atoms with Gasteiger partial charge < -0.3 is 9.64 Å². The van der Waals surface area contributed by atoms with Crippen LogP contribution in [0, 0.1) is 0 Å². The highest BCUT2D eigenvalue weighted by atomic mass is 16.5. The molecule has 120 valence electrons. The minimum Gasteiger partial charge on any atom is -0.493 e. The number of nitrogens with zero attached hydrogens (tertiary/aromatic N) is 2. The molecule has 2 aliphatic heterocycles. The van der Waals surface area contributed by atoms with Gasteiger partial charge in [-0.05, 0) is 36.8 Å². The number of rotatable bonds is 4. The number of allylic oxidation sites excluding steroid dienone is 2. The Bertz CT molecular complexity index is 701. The van der Waals surface area contributed by atoms with Crippen molar-refractivity contribution in [3.05, 3.63) is 41.6 Å². The number of anilines is 1. The smallest absolute Gasteiger partial charge is 0.226 e. The molecule has 0 spiro atoms. The first-order chi connectivity index (χ1) is 11.2. The third-order valence-electron chi connectivity index (χ3n) is 4.16. The Morgan fingerprint density at radius 1 is 1.39 bits per heavy atom. The third kappa shape index (κ3) is 3.21. The van der Waals surface area contributed by atoms with Gasteiger partial charge in [-0.25, -0.2) is 0 Å². The molecule has 0 saturated heterocycles. The van der Waals surface area contributed by atoms with Crippen molar-refractivity contribution >= 4 is 23.4 Å². The molecule has 1 amide bonds. The summed E-state index contributed by atoms with van der Waals surface area (Å²) in [6, 6.07) is 6.00. The topological polar surface area (TPSA) is 41.9 Å². The van der Waals surface area contributed by atoms with Crippen LogP contribution in [0.5, 0.6) is 5.75 Å². The van der Waals surface area contributed by atoms with E-state index in [9.17, 15) is 4.79 Å². The molecule has 23 heavy (non-hydrogen) atoms. The largest absolute Gasteiger partial charge is 0.493 e. The van der Waals surface area contributed by atoms with E-state index in [0.717, 1.165) is 35.5 Å². The standard InChI is InChI=1S/C19H22N2O2/c1-3-19(22)21(4-2)16-7-8-18-17(13-16)14(9-11-23-18)12-15-6-5-10-20-15/h6-8,10,12-13H,3-5,9,11H2,1-2H3/b14-12+. The molecule has 2 heterocycles. The minimum atomic E-state index is 0.137. The minimum absolute atomic E-state index is 0.137. The van der Waals surface area contributed by atoms with E-state index in [1.54, 1.807) is 0 Å². The summed E-state index contributed by atoms with van der Waals surface area (Å²) in [5, 5.41) is 0. The van der Waals surface area contributed by atoms with Gasteiger partial charge in [0.25, 0.3) is 0 Å². The summed E-state index contributed by atoms with van der Waals surface area (Å²) < 4.78 is 5.77. The van der Waals surface area contributed by atoms with E-state index < -0.39 is 0 Å². The highest BCUT2D eigenvalue weighted by molar-refractivity contribution is 5.94. The van der Waals surface area contributed by atoms with Crippen LogP contribution < -0.4 is 9.64 Å². The summed E-state index contributed by atoms with van der Waals surface area (Å²) in [6.07, 6.45) is 8.43. The van der Waals surface area contributed by atoms with Crippen molar-refractivity contribution in [1.29, 1.82) is 0 Å². The maximum Gasteiger partial charge on any atom is 0.226 e. The van der Waals surface area contributed by atoms with Gasteiger partial charge in [0.05, 0.1) is 12.3 Å². The normalized spacial score (nSPS) is 17.7. The summed E-state index contributed by atoms with van der Waals surface area (Å²) in [4.78, 5) is 18.3. The molecule has 0 aliphatic carbocycles. The van der Waals surface area contributed by atoms with Crippen molar-refractivity contribution in [3.63, 3.8) is 0 Å². The number of hydrogen-bond acceptors (Lipinski definition) is 3. The summed E-state index contributed by atoms with van der Waals surface area (Å²) in [6.45, 7) is 5.24. The Morgan fingerprint density at radius 3 is 2.96 bits per heavy atom. The lowest BCUT2D eigenvalue weighted by atomic mass is 9.97. The van der Waals surface area contributed by atoms with Crippen molar-refractivity contribution in [2.24, 2.45) is 4.99 Å². The molecule has 0 unspecified atom stereocenters. The second kappa shape index (κ2) is 6.82. The van der Waals surface area contributed by atoms with E-state index in [1.807, 2.05) is 37.1 Å². The number of ether oxygens (including phenoxy) is 1. The predicted octanol–water partition coefficient (Wildman–Crippen LogP) is 3.97. The zero-order valence-corrected chi connectivity index (χ0v) is 13.7. The first-order valence-electron chi connectivity index (χ1n) is 8.23. The highest BCUT2D eigenvalue weighted by Gasteiger charge is 2.19. The second-order valence-corrected chi connectivity index (χ2v) is 5.62. The second-order valence-electron chi connectivity index (χ2n) is 5.62. The van der Waals surface area contributed by atoms with Crippen molar-refractivity contribution in [1.82, 2.24) is 0 Å². The van der Waals surface area contributed by atoms with Gasteiger partial charge in [0.2, 0.25) is 5.91 Å². The van der Waals surface area contributed by atoms with E-state index in [-0.39, 0.29) is 5.91 Å². The molecule has 0 saturated carbocycles. The van der Waals surface area contributed by atoms with Gasteiger partial charge in [-0.2, -0.15) is 0 Å². The van der Waals surface area contributed by atoms with Crippen LogP contribution in [0.4, 0.5) is 5.69 Å². The van der Waals surface area contributed by atoms with Crippen molar-refractivity contribution < 1.29 is 9.53 Å². The summed E-state index contributed by atoms with van der Waals surface area (Å²) >= 11 is 0. The molecule has 4 nitrogen and oxygen atoms in total. The highest BCUT2D eigenvalue weighted by Crippen LogP contribution is 2.37. The first kappa shape index (κ1) is 15.5. The van der Waals surface area contributed by atoms with E-state index in [1.165, 1.54) is 5.57 Å². The Labute approximate surface area is 137 Å². The molecule has 2 aliphatic rings. The predicted molar refractivity (Wildman–Crippen MR) is 94.0 cm³/mol. The molecular weight excluding hydrogens is 288 g/mol. The fraction of sp³-hybridized carbons (Fsp3) is 0.368. The molecule has 4 heteroatoms. The van der Waals surface area contributed by atoms with Gasteiger partial charge in [-0.3, -0.25) is 9.79 Å². The lowest BCUT2D eigenvalue weighted by Crippen LogP contribution is -2.29. The van der Waals surface area contributed by atoms with Crippen LogP contribution in [0.2, 0.25) is 0 Å². The molecule has 3 rings (SSSR count). The monoisotopic (exact) mass is 310 g/mol. The van der Waals surface area contributed by atoms with E-state index >= 15 is 0 Å². The number of amides is 1. The SMILES string of the molecule is CCC(=O)N(CC)c1ccc2c(c1)/C(=C/C1=CCC=N1)CCO2. The molecule has 1 aromatic carbocycles. The maximum absolute atomic E-state index is 12.1. The molecule has 1 aromatic rings. The average molecular weight is 310 g/mol. The molecule has 0 radical (unpaired) electrons. The molecule has 0 atom stereocenters. The third-order valence-corrected chi connectivity index (χ3v) is 4.16. The lowest BCUT2D eigenvalue weighted by Gasteiger charge is -2.25. The Balaban J connectivity index is 1.99. The zero-order chi connectivity index (χ0) is 16.2. The fourth-order valence-corrected chi connectivity index (χ4v) is 2.97. The Morgan fingerprint density at radius 2 is 2.26 bits per heavy atom. The Kier molecular flexibility index (Phi) is 4.60. The number of aliphatic imine (C=N–C) groups is 1. The number of carbonyl (C=O) groups excluding carboxylic acids is 1. The van der Waals surface area contributed by atoms with E-state index in [0.29, 0.717) is 19.6 Å². The summed E-state index contributed by atoms with van der Waals surface area (Å²) in [5.41, 5.74) is 4.23. The van der Waals surface area contributed by atoms with E-state index in [2.05, 4.69) is 23.2 Å². The van der Waals surface area contributed by atoms with Crippen LogP contribution in [0.1, 0.15) is 38.7 Å². The van der Waals surface area contributed by atoms with Gasteiger partial charge in [-0.1, -0.05) is 13.0 Å². The van der Waals surface area contributed by atoms with Crippen molar-refractivity contribution in [3.8, 4) is 5.75 Å². The molecule has 0 aromatic heterocycles. The quantitative estimate of drug-likeness (QED) is 0.844. The van der Waals surface area contributed by atoms with Crippen molar-refractivity contribution in [2.75, 3.05) is 18.1 Å². The number of benzene rings is 1. The van der Waals surface area contributed by atoms with Crippen LogP contribution in [0.3, 0.4) is 0 Å². The summed E-state index contributed by atoms with van der Waals surface area (Å²) in [5.74, 6) is 1.02. The van der Waals surface area contributed by atoms with Crippen LogP contribution in [-0.2, 0) is 4.79 Å². The summed E-state index contributed by atoms with van der Waals surface area (Å²) in [7, 11) is 0. The average Bonchev–Trinajstić information content (AvgIpc) is 3.09. The Hall–Kier alpha value is -2.36. The molecular formula is C19H22N2O2. The number of hydrogen-bond donors (Lipinski definition) is 0. The van der Waals surface area contributed by atoms with Crippen molar-refractivity contribution in [2.45, 2.75) is 33.1 Å². The zero-order valence-electron chi connectivity index (χ0n) is 13.7. The molecule has 0 bridgehead atoms. The van der Waals surface area contributed by atoms with Crippen LogP contribution in [-0.4, -0.2) is 25.3 Å². The van der Waals surface area contributed by atoms with Gasteiger partial charge in [-0.15, -0.1) is 0 Å². The molecule has 0 N–H and O–H groups in total. The number of fused-ring (bicyclic) bond motifs is 1. The van der Waals surface area contributed by atoms with Crippen LogP contribution >= 0.6 is 0 Å². The van der Waals surface area contributed by atoms with Gasteiger partial charge in [0.15, 0.2) is 0 Å². The van der Waals surface area contributed by atoms with Gasteiger partial charge in [0.1, 0.15) is 5.75 Å². The van der Waals surface area contributed by atoms with E-state index in [4.69, 9.17) is 4.74 Å². The van der Waals surface area contributed by atoms with Gasteiger partial charge >= 0.3 is 0 Å². The molecule has 0 fully saturated rings. The number of carbonyl (C=O) groups is 1. The first-order valence-corrected chi connectivity index (χ1v) is 8.23. The fourth-order valence-electron chi connectivity index (χ4n) is 2.97.